The number of hydrogen-bond acceptors (Lipinski definition) is 2. The second kappa shape index (κ2) is 6.19. The predicted octanol–water partition coefficient (Wildman–Crippen LogP) is 2.60. The van der Waals surface area contributed by atoms with Crippen molar-refractivity contribution in [2.45, 2.75) is 51.6 Å². The maximum atomic E-state index is 13.1. The molecule has 3 atom stereocenters. The Morgan fingerprint density at radius 2 is 1.94 bits per heavy atom. The Balaban J connectivity index is 2.60. The van der Waals surface area contributed by atoms with Crippen LogP contribution in [0.15, 0.2) is 0 Å². The molecule has 0 spiro atoms. The summed E-state index contributed by atoms with van der Waals surface area (Å²) in [6.45, 7) is 6.21. The monoisotopic (exact) mass is 270 g/mol. The molecular formula is C12H22F4N2. The normalized spacial score (nSPS) is 31.0. The Kier molecular flexibility index (Phi) is 5.40. The molecular weight excluding hydrogens is 248 g/mol. The van der Waals surface area contributed by atoms with Crippen molar-refractivity contribution in [3.63, 3.8) is 0 Å². The second-order valence-electron chi connectivity index (χ2n) is 5.08. The molecule has 1 heterocycles. The number of nitrogens with zero attached hydrogens (tertiary/aromatic N) is 1. The van der Waals surface area contributed by atoms with Crippen LogP contribution in [0.25, 0.3) is 0 Å². The van der Waals surface area contributed by atoms with E-state index < -0.39 is 18.9 Å². The predicted molar refractivity (Wildman–Crippen MR) is 63.2 cm³/mol. The number of hydrogen-bond donors (Lipinski definition) is 1. The van der Waals surface area contributed by atoms with Crippen molar-refractivity contribution < 1.29 is 17.6 Å². The van der Waals surface area contributed by atoms with Crippen LogP contribution in [0.4, 0.5) is 17.6 Å². The Hall–Kier alpha value is -0.360. The van der Waals surface area contributed by atoms with Gasteiger partial charge in [0.2, 0.25) is 0 Å². The Morgan fingerprint density at radius 1 is 1.33 bits per heavy atom. The topological polar surface area (TPSA) is 15.3 Å². The molecule has 1 fully saturated rings. The lowest BCUT2D eigenvalue weighted by molar-refractivity contribution is -0.151. The largest absolute Gasteiger partial charge is 0.319 e. The van der Waals surface area contributed by atoms with Crippen LogP contribution < -0.4 is 5.32 Å². The standard InChI is InChI=1S/C12H22F4N2/c1-4-17-10-5-6-18(9(3)8(10)2)7-12(15,16)11(13)14/h8-11,17H,4-7H2,1-3H3. The van der Waals surface area contributed by atoms with Gasteiger partial charge in [0.15, 0.2) is 0 Å². The third-order valence-corrected chi connectivity index (χ3v) is 3.90. The van der Waals surface area contributed by atoms with Crippen LogP contribution in [-0.4, -0.2) is 49.0 Å². The fourth-order valence-electron chi connectivity index (χ4n) is 2.55. The molecule has 1 aliphatic rings. The molecule has 0 aliphatic carbocycles. The molecule has 108 valence electrons. The first-order chi connectivity index (χ1) is 8.29. The van der Waals surface area contributed by atoms with Crippen molar-refractivity contribution in [3.8, 4) is 0 Å². The quantitative estimate of drug-likeness (QED) is 0.773. The summed E-state index contributed by atoms with van der Waals surface area (Å²) in [7, 11) is 0. The van der Waals surface area contributed by atoms with Crippen molar-refractivity contribution in [2.24, 2.45) is 5.92 Å². The average molecular weight is 270 g/mol. The molecule has 0 amide bonds. The van der Waals surface area contributed by atoms with E-state index in [1.165, 1.54) is 4.90 Å². The zero-order chi connectivity index (χ0) is 13.9. The molecule has 0 saturated carbocycles. The fraction of sp³-hybridized carbons (Fsp3) is 1.00. The molecule has 1 aliphatic heterocycles. The third-order valence-electron chi connectivity index (χ3n) is 3.90. The number of likely N-dealkylation sites (tertiary alicyclic amines) is 1. The summed E-state index contributed by atoms with van der Waals surface area (Å²) in [4.78, 5) is 1.48. The molecule has 0 aromatic carbocycles. The molecule has 0 aromatic heterocycles. The Morgan fingerprint density at radius 3 is 2.44 bits per heavy atom. The molecule has 1 rings (SSSR count). The average Bonchev–Trinajstić information content (AvgIpc) is 2.28. The van der Waals surface area contributed by atoms with Crippen LogP contribution in [0.1, 0.15) is 27.2 Å². The maximum Gasteiger partial charge on any atom is 0.319 e. The Labute approximate surface area is 106 Å². The zero-order valence-electron chi connectivity index (χ0n) is 11.1. The first-order valence-electron chi connectivity index (χ1n) is 6.43. The minimum atomic E-state index is -3.92. The number of rotatable bonds is 5. The molecule has 0 aromatic rings. The highest BCUT2D eigenvalue weighted by Gasteiger charge is 2.45. The van der Waals surface area contributed by atoms with Crippen molar-refractivity contribution in [1.29, 1.82) is 0 Å². The van der Waals surface area contributed by atoms with Crippen LogP contribution in [-0.2, 0) is 0 Å². The number of piperidine rings is 1. The van der Waals surface area contributed by atoms with Gasteiger partial charge in [-0.15, -0.1) is 0 Å². The van der Waals surface area contributed by atoms with E-state index in [0.29, 0.717) is 6.54 Å². The van der Waals surface area contributed by atoms with Gasteiger partial charge >= 0.3 is 12.3 Å². The summed E-state index contributed by atoms with van der Waals surface area (Å²) in [5, 5.41) is 3.31. The summed E-state index contributed by atoms with van der Waals surface area (Å²) in [5.74, 6) is -3.74. The first kappa shape index (κ1) is 15.7. The van der Waals surface area contributed by atoms with Gasteiger partial charge in [0, 0.05) is 18.6 Å². The van der Waals surface area contributed by atoms with Gasteiger partial charge in [-0.1, -0.05) is 13.8 Å². The number of halogens is 4. The fourth-order valence-corrected chi connectivity index (χ4v) is 2.55. The molecule has 6 heteroatoms. The van der Waals surface area contributed by atoms with Crippen LogP contribution in [0.2, 0.25) is 0 Å². The van der Waals surface area contributed by atoms with Gasteiger partial charge < -0.3 is 5.32 Å². The summed E-state index contributed by atoms with van der Waals surface area (Å²) >= 11 is 0. The van der Waals surface area contributed by atoms with E-state index in [0.717, 1.165) is 13.0 Å². The van der Waals surface area contributed by atoms with E-state index in [2.05, 4.69) is 5.32 Å². The minimum Gasteiger partial charge on any atom is -0.314 e. The van der Waals surface area contributed by atoms with Crippen LogP contribution in [0.5, 0.6) is 0 Å². The van der Waals surface area contributed by atoms with Crippen LogP contribution in [0, 0.1) is 5.92 Å². The van der Waals surface area contributed by atoms with Crippen molar-refractivity contribution in [1.82, 2.24) is 10.2 Å². The summed E-state index contributed by atoms with van der Waals surface area (Å²) in [5.41, 5.74) is 0. The van der Waals surface area contributed by atoms with Gasteiger partial charge in [-0.3, -0.25) is 4.90 Å². The highest BCUT2D eigenvalue weighted by molar-refractivity contribution is 4.90. The van der Waals surface area contributed by atoms with E-state index in [-0.39, 0.29) is 18.0 Å². The van der Waals surface area contributed by atoms with E-state index in [9.17, 15) is 17.6 Å². The van der Waals surface area contributed by atoms with Gasteiger partial charge in [-0.05, 0) is 25.8 Å². The number of nitrogens with one attached hydrogen (secondary N) is 1. The van der Waals surface area contributed by atoms with E-state index in [4.69, 9.17) is 0 Å². The second-order valence-corrected chi connectivity index (χ2v) is 5.08. The zero-order valence-corrected chi connectivity index (χ0v) is 11.1. The van der Waals surface area contributed by atoms with Gasteiger partial charge in [0.25, 0.3) is 0 Å². The van der Waals surface area contributed by atoms with Crippen LogP contribution in [0.3, 0.4) is 0 Å². The SMILES string of the molecule is CCNC1CCN(CC(F)(F)C(F)F)C(C)C1C. The van der Waals surface area contributed by atoms with Gasteiger partial charge in [0.1, 0.15) is 0 Å². The lowest BCUT2D eigenvalue weighted by atomic mass is 9.86. The number of alkyl halides is 4. The van der Waals surface area contributed by atoms with Crippen molar-refractivity contribution in [2.75, 3.05) is 19.6 Å². The lowest BCUT2D eigenvalue weighted by Crippen LogP contribution is -2.56. The van der Waals surface area contributed by atoms with E-state index in [1.54, 1.807) is 0 Å². The molecule has 18 heavy (non-hydrogen) atoms. The lowest BCUT2D eigenvalue weighted by Gasteiger charge is -2.44. The molecule has 0 bridgehead atoms. The molecule has 0 radical (unpaired) electrons. The molecule has 1 N–H and O–H groups in total. The molecule has 2 nitrogen and oxygen atoms in total. The van der Waals surface area contributed by atoms with E-state index >= 15 is 0 Å². The third kappa shape index (κ3) is 3.57. The summed E-state index contributed by atoms with van der Waals surface area (Å²) in [6, 6.07) is 0.161. The van der Waals surface area contributed by atoms with Crippen LogP contribution >= 0.6 is 0 Å². The van der Waals surface area contributed by atoms with Crippen molar-refractivity contribution in [3.05, 3.63) is 0 Å². The van der Waals surface area contributed by atoms with Crippen molar-refractivity contribution >= 4 is 0 Å². The molecule has 3 unspecified atom stereocenters. The first-order valence-corrected chi connectivity index (χ1v) is 6.43. The maximum absolute atomic E-state index is 13.1. The highest BCUT2D eigenvalue weighted by atomic mass is 19.3. The van der Waals surface area contributed by atoms with Gasteiger partial charge in [-0.25, -0.2) is 8.78 Å². The summed E-state index contributed by atoms with van der Waals surface area (Å²) in [6.07, 6.45) is -2.87. The molecule has 1 saturated heterocycles. The smallest absolute Gasteiger partial charge is 0.314 e. The Bertz CT molecular complexity index is 260. The van der Waals surface area contributed by atoms with Gasteiger partial charge in [0.05, 0.1) is 6.54 Å². The summed E-state index contributed by atoms with van der Waals surface area (Å²) < 4.78 is 50.5. The van der Waals surface area contributed by atoms with E-state index in [1.807, 2.05) is 20.8 Å². The highest BCUT2D eigenvalue weighted by Crippen LogP contribution is 2.29. The van der Waals surface area contributed by atoms with Gasteiger partial charge in [-0.2, -0.15) is 8.78 Å². The minimum absolute atomic E-state index is 0.118.